The monoisotopic (exact) mass is 1840 g/mol. The molecule has 0 unspecified atom stereocenters. The minimum absolute atomic E-state index is 0.00611. The normalized spacial score (nSPS) is 13.8. The molecule has 652 valence electrons. The van der Waals surface area contributed by atoms with Gasteiger partial charge in [0.1, 0.15) is 45.3 Å². The van der Waals surface area contributed by atoms with E-state index in [0.717, 1.165) is 143 Å². The Labute approximate surface area is 789 Å². The lowest BCUT2D eigenvalue weighted by molar-refractivity contribution is 0.436. The SMILES string of the molecule is Brc1ccc2c(c1)C1(c3ccccc3Oc3ccccc31)c1cc(Br)c3c(oc4ccccc43)c1-2.CC(C)(C)c1ccc(C(c2ccc(C(C)(C)C)cc2)c2cc3c(c4oc5ccccc5c24)-c2ccc(N(c4ccc(C(C)(C)C)cc4)c4ccc(C(C)(C)C)cc4)cc2C32c3ccccc3Oc3ccccc32)cc1.CC(C)(C)c1ccc(Nc2ccc(C(C)(C)C)cc2)cc1. The first-order chi connectivity index (χ1) is 62.5. The predicted molar refractivity (Wildman–Crippen MR) is 554 cm³/mol. The van der Waals surface area contributed by atoms with Crippen molar-refractivity contribution in [2.45, 2.75) is 174 Å². The third-order valence-electron chi connectivity index (χ3n) is 27.6. The van der Waals surface area contributed by atoms with Gasteiger partial charge in [-0.05, 0) is 231 Å². The molecular weight excluding hydrogens is 1730 g/mol. The highest BCUT2D eigenvalue weighted by molar-refractivity contribution is 9.11. The van der Waals surface area contributed by atoms with Crippen molar-refractivity contribution in [3.8, 4) is 45.3 Å². The van der Waals surface area contributed by atoms with Gasteiger partial charge < -0.3 is 28.5 Å². The van der Waals surface area contributed by atoms with E-state index in [9.17, 15) is 0 Å². The summed E-state index contributed by atoms with van der Waals surface area (Å²) in [5.41, 5.74) is 33.8. The molecule has 0 saturated heterocycles. The van der Waals surface area contributed by atoms with Gasteiger partial charge in [0.2, 0.25) is 0 Å². The Morgan fingerprint density at radius 3 is 0.985 bits per heavy atom. The van der Waals surface area contributed by atoms with E-state index in [4.69, 9.17) is 18.3 Å². The number of rotatable bonds is 8. The second kappa shape index (κ2) is 32.1. The molecular formula is C123H112Br2N2O4. The van der Waals surface area contributed by atoms with Gasteiger partial charge in [-0.1, -0.05) is 381 Å². The first-order valence-electron chi connectivity index (χ1n) is 46.1. The molecule has 2 aromatic heterocycles. The van der Waals surface area contributed by atoms with Crippen LogP contribution in [0.4, 0.5) is 28.4 Å². The topological polar surface area (TPSA) is 60.0 Å². The average Bonchev–Trinajstić information content (AvgIpc) is 1.51. The number of hydrogen-bond acceptors (Lipinski definition) is 6. The van der Waals surface area contributed by atoms with Crippen LogP contribution in [0.2, 0.25) is 0 Å². The molecule has 0 radical (unpaired) electrons. The van der Waals surface area contributed by atoms with Crippen LogP contribution in [0.15, 0.2) is 357 Å². The molecule has 6 nitrogen and oxygen atoms in total. The second-order valence-corrected chi connectivity index (χ2v) is 44.0. The third-order valence-corrected chi connectivity index (χ3v) is 28.7. The van der Waals surface area contributed by atoms with Crippen molar-refractivity contribution in [1.29, 1.82) is 0 Å². The summed E-state index contributed by atoms with van der Waals surface area (Å²) in [5.74, 6) is 3.33. The second-order valence-electron chi connectivity index (χ2n) is 42.3. The van der Waals surface area contributed by atoms with E-state index >= 15 is 0 Å². The van der Waals surface area contributed by atoms with Crippen molar-refractivity contribution in [3.63, 3.8) is 0 Å². The summed E-state index contributed by atoms with van der Waals surface area (Å²) in [6.07, 6.45) is 0. The van der Waals surface area contributed by atoms with Gasteiger partial charge in [-0.3, -0.25) is 0 Å². The van der Waals surface area contributed by atoms with E-state index in [1.165, 1.54) is 77.9 Å². The maximum atomic E-state index is 7.40. The van der Waals surface area contributed by atoms with Gasteiger partial charge in [-0.15, -0.1) is 0 Å². The van der Waals surface area contributed by atoms with Gasteiger partial charge in [0.25, 0.3) is 0 Å². The molecule has 18 aromatic rings. The largest absolute Gasteiger partial charge is 0.457 e. The molecule has 0 amide bonds. The molecule has 1 N–H and O–H groups in total. The highest BCUT2D eigenvalue weighted by Crippen LogP contribution is 2.68. The van der Waals surface area contributed by atoms with Crippen LogP contribution in [-0.4, -0.2) is 0 Å². The Morgan fingerprint density at radius 1 is 0.282 bits per heavy atom. The predicted octanol–water partition coefficient (Wildman–Crippen LogP) is 35.5. The van der Waals surface area contributed by atoms with Crippen molar-refractivity contribution in [3.05, 3.63) is 443 Å². The maximum absolute atomic E-state index is 7.40. The van der Waals surface area contributed by atoms with E-state index in [0.29, 0.717) is 0 Å². The lowest BCUT2D eigenvalue weighted by atomic mass is 9.65. The first-order valence-corrected chi connectivity index (χ1v) is 47.7. The van der Waals surface area contributed by atoms with Gasteiger partial charge in [-0.2, -0.15) is 0 Å². The van der Waals surface area contributed by atoms with Gasteiger partial charge in [0, 0.05) is 98.2 Å². The molecule has 2 spiro atoms. The van der Waals surface area contributed by atoms with Crippen LogP contribution in [0, 0.1) is 0 Å². The lowest BCUT2D eigenvalue weighted by Gasteiger charge is -2.40. The summed E-state index contributed by atoms with van der Waals surface area (Å²) in [6.45, 7) is 40.9. The fraction of sp³-hybridized carbons (Fsp3) is 0.220. The Morgan fingerprint density at radius 2 is 0.595 bits per heavy atom. The zero-order valence-corrected chi connectivity index (χ0v) is 81.4. The van der Waals surface area contributed by atoms with Gasteiger partial charge in [0.15, 0.2) is 0 Å². The Hall–Kier alpha value is -12.7. The number of nitrogens with zero attached hydrogens (tertiary/aromatic N) is 1. The molecule has 0 saturated carbocycles. The number of ether oxygens (including phenoxy) is 2. The summed E-state index contributed by atoms with van der Waals surface area (Å²) < 4.78 is 29.5. The highest BCUT2D eigenvalue weighted by Gasteiger charge is 2.55. The summed E-state index contributed by atoms with van der Waals surface area (Å²) in [4.78, 5) is 2.44. The fourth-order valence-electron chi connectivity index (χ4n) is 20.7. The van der Waals surface area contributed by atoms with Crippen LogP contribution in [0.3, 0.4) is 0 Å². The number of para-hydroxylation sites is 6. The first kappa shape index (κ1) is 86.3. The fourth-order valence-corrected chi connectivity index (χ4v) is 21.6. The number of nitrogens with one attached hydrogen (secondary N) is 1. The van der Waals surface area contributed by atoms with Crippen molar-refractivity contribution in [2.75, 3.05) is 10.2 Å². The molecule has 22 rings (SSSR count). The molecule has 2 aliphatic carbocycles. The molecule has 131 heavy (non-hydrogen) atoms. The highest BCUT2D eigenvalue weighted by atomic mass is 79.9. The number of hydrogen-bond donors (Lipinski definition) is 1. The number of fused-ring (bicyclic) bond motifs is 26. The number of furan rings is 2. The van der Waals surface area contributed by atoms with Gasteiger partial charge >= 0.3 is 0 Å². The molecule has 2 aliphatic heterocycles. The number of benzene rings is 16. The summed E-state index contributed by atoms with van der Waals surface area (Å²) in [7, 11) is 0. The van der Waals surface area contributed by atoms with Gasteiger partial charge in [0.05, 0.1) is 10.8 Å². The van der Waals surface area contributed by atoms with Crippen LogP contribution < -0.4 is 19.7 Å². The molecule has 4 aliphatic rings. The van der Waals surface area contributed by atoms with Crippen molar-refractivity contribution >= 4 is 104 Å². The minimum atomic E-state index is -0.803. The smallest absolute Gasteiger partial charge is 0.144 e. The summed E-state index contributed by atoms with van der Waals surface area (Å²) in [6, 6.07) is 124. The Kier molecular flexibility index (Phi) is 21.1. The van der Waals surface area contributed by atoms with Crippen LogP contribution in [0.1, 0.15) is 225 Å². The standard InChI is InChI=1S/C72H69NO2.C31H16Br2O2.C20H27N/c1-68(2,3)47-29-25-45(26-30-47)64(46-27-31-48(32-28-46)69(4,5)6)56-44-60-66(67-65(56)55-19-13-16-22-61(55)75-67)54-42-41-53(43-59(54)72(60)57-20-14-17-23-62(57)74-63-24-18-15-21-58(63)72)73(51-37-33-49(34-38-51)70(7,8)9)52-39-35-50(36-40-52)71(10,11)12;32-17-13-14-18-22(15-17)31(20-8-2-5-11-26(20)34-27-12-6-3-9-21(27)31)23-16-24(33)29-19-7-1-4-10-25(19)35-30(29)28(18)23;1-19(2,3)15-7-11-17(12-8-15)21-18-13-9-16(10-14-18)20(4,5)6/h13-44,64H,1-12H3;1-16H;7-14,21H,1-6H3. The van der Waals surface area contributed by atoms with Crippen molar-refractivity contribution in [1.82, 2.24) is 0 Å². The summed E-state index contributed by atoms with van der Waals surface area (Å²) in [5, 5.41) is 7.95. The molecule has 4 heterocycles. The van der Waals surface area contributed by atoms with Crippen LogP contribution in [-0.2, 0) is 43.3 Å². The summed E-state index contributed by atoms with van der Waals surface area (Å²) >= 11 is 7.71. The maximum Gasteiger partial charge on any atom is 0.144 e. The van der Waals surface area contributed by atoms with Crippen LogP contribution in [0.5, 0.6) is 23.0 Å². The van der Waals surface area contributed by atoms with Crippen molar-refractivity contribution < 1.29 is 18.3 Å². The van der Waals surface area contributed by atoms with Crippen molar-refractivity contribution in [2.24, 2.45) is 0 Å². The van der Waals surface area contributed by atoms with E-state index in [1.807, 2.05) is 24.3 Å². The zero-order valence-electron chi connectivity index (χ0n) is 78.2. The molecule has 16 aromatic carbocycles. The van der Waals surface area contributed by atoms with Gasteiger partial charge in [-0.25, -0.2) is 0 Å². The third kappa shape index (κ3) is 14.9. The van der Waals surface area contributed by atoms with E-state index < -0.39 is 10.8 Å². The zero-order chi connectivity index (χ0) is 91.4. The number of anilines is 5. The molecule has 0 atom stereocenters. The number of halogens is 2. The lowest BCUT2D eigenvalue weighted by Crippen LogP contribution is -2.32. The molecule has 0 fully saturated rings. The van der Waals surface area contributed by atoms with E-state index in [-0.39, 0.29) is 38.4 Å². The Bertz CT molecular complexity index is 7210. The van der Waals surface area contributed by atoms with Crippen LogP contribution in [0.25, 0.3) is 66.1 Å². The molecule has 8 heteroatoms. The molecule has 0 bridgehead atoms. The quantitative estimate of drug-likeness (QED) is 0.153. The van der Waals surface area contributed by atoms with E-state index in [2.05, 4.69) is 482 Å². The van der Waals surface area contributed by atoms with E-state index in [1.54, 1.807) is 0 Å². The van der Waals surface area contributed by atoms with Crippen LogP contribution >= 0.6 is 31.9 Å². The minimum Gasteiger partial charge on any atom is -0.457 e. The Balaban J connectivity index is 0.000000155. The average molecular weight is 1840 g/mol.